The molecular formula is C27H23N5O3S. The molecule has 8 nitrogen and oxygen atoms in total. The molecule has 1 heterocycles. The SMILES string of the molecule is Cc1ccc(S(=O)(=O)N/N=C(\c2ccccc2)C(Oc2ccccc2)n2nnc3ccccc32)cc1. The zero-order valence-electron chi connectivity index (χ0n) is 19.4. The van der Waals surface area contributed by atoms with Crippen molar-refractivity contribution < 1.29 is 13.2 Å². The number of sulfonamides is 1. The van der Waals surface area contributed by atoms with E-state index < -0.39 is 16.3 Å². The number of hydrogen-bond donors (Lipinski definition) is 1. The van der Waals surface area contributed by atoms with Gasteiger partial charge in [-0.3, -0.25) is 0 Å². The molecule has 9 heteroatoms. The molecule has 0 spiro atoms. The average Bonchev–Trinajstić information content (AvgIpc) is 3.33. The van der Waals surface area contributed by atoms with Crippen molar-refractivity contribution in [3.05, 3.63) is 120 Å². The van der Waals surface area contributed by atoms with Crippen LogP contribution in [-0.2, 0) is 10.0 Å². The summed E-state index contributed by atoms with van der Waals surface area (Å²) < 4.78 is 34.1. The number of benzene rings is 4. The molecule has 0 aliphatic rings. The minimum absolute atomic E-state index is 0.107. The first kappa shape index (κ1) is 23.3. The lowest BCUT2D eigenvalue weighted by molar-refractivity contribution is 0.188. The van der Waals surface area contributed by atoms with Gasteiger partial charge in [-0.1, -0.05) is 83.6 Å². The van der Waals surface area contributed by atoms with Crippen molar-refractivity contribution in [2.75, 3.05) is 0 Å². The zero-order valence-corrected chi connectivity index (χ0v) is 20.2. The molecule has 1 aromatic heterocycles. The fourth-order valence-electron chi connectivity index (χ4n) is 3.66. The Morgan fingerprint density at radius 2 is 1.50 bits per heavy atom. The summed E-state index contributed by atoms with van der Waals surface area (Å²) in [5, 5.41) is 13.0. The summed E-state index contributed by atoms with van der Waals surface area (Å²) in [5.74, 6) is 0.562. The van der Waals surface area contributed by atoms with Gasteiger partial charge in [0.15, 0.2) is 0 Å². The Bertz CT molecular complexity index is 1600. The van der Waals surface area contributed by atoms with E-state index in [0.29, 0.717) is 28.1 Å². The number of aryl methyl sites for hydroxylation is 1. The number of fused-ring (bicyclic) bond motifs is 1. The number of nitrogens with one attached hydrogen (secondary N) is 1. The van der Waals surface area contributed by atoms with Crippen LogP contribution in [0.3, 0.4) is 0 Å². The minimum Gasteiger partial charge on any atom is -0.463 e. The van der Waals surface area contributed by atoms with Gasteiger partial charge in [0, 0.05) is 5.56 Å². The highest BCUT2D eigenvalue weighted by Crippen LogP contribution is 2.25. The average molecular weight is 498 g/mol. The molecule has 5 aromatic rings. The van der Waals surface area contributed by atoms with Crippen LogP contribution in [0.2, 0.25) is 0 Å². The lowest BCUT2D eigenvalue weighted by atomic mass is 10.1. The van der Waals surface area contributed by atoms with Gasteiger partial charge in [0.2, 0.25) is 6.23 Å². The fourth-order valence-corrected chi connectivity index (χ4v) is 4.48. The van der Waals surface area contributed by atoms with Gasteiger partial charge in [-0.15, -0.1) is 5.10 Å². The molecule has 1 N–H and O–H groups in total. The first-order valence-corrected chi connectivity index (χ1v) is 12.7. The monoisotopic (exact) mass is 497 g/mol. The quantitative estimate of drug-likeness (QED) is 0.248. The molecule has 1 atom stereocenters. The van der Waals surface area contributed by atoms with E-state index in [1.807, 2.05) is 91.9 Å². The van der Waals surface area contributed by atoms with E-state index >= 15 is 0 Å². The van der Waals surface area contributed by atoms with Crippen LogP contribution >= 0.6 is 0 Å². The number of aromatic nitrogens is 3. The summed E-state index contributed by atoms with van der Waals surface area (Å²) in [7, 11) is -3.94. The van der Waals surface area contributed by atoms with Crippen molar-refractivity contribution in [3.63, 3.8) is 0 Å². The number of ether oxygens (including phenoxy) is 1. The van der Waals surface area contributed by atoms with Gasteiger partial charge in [-0.2, -0.15) is 23.0 Å². The van der Waals surface area contributed by atoms with Crippen LogP contribution in [0, 0.1) is 6.92 Å². The van der Waals surface area contributed by atoms with E-state index in [1.165, 1.54) is 12.1 Å². The van der Waals surface area contributed by atoms with E-state index in [2.05, 4.69) is 20.2 Å². The highest BCUT2D eigenvalue weighted by atomic mass is 32.2. The normalized spacial score (nSPS) is 12.9. The molecule has 0 bridgehead atoms. The number of rotatable bonds is 8. The molecule has 0 saturated heterocycles. The minimum atomic E-state index is -3.94. The fraction of sp³-hybridized carbons (Fsp3) is 0.0741. The Morgan fingerprint density at radius 1 is 0.861 bits per heavy atom. The van der Waals surface area contributed by atoms with Crippen LogP contribution < -0.4 is 9.57 Å². The summed E-state index contributed by atoms with van der Waals surface area (Å²) >= 11 is 0. The lowest BCUT2D eigenvalue weighted by Gasteiger charge is -2.22. The maximum absolute atomic E-state index is 13.1. The Labute approximate surface area is 208 Å². The van der Waals surface area contributed by atoms with Gasteiger partial charge < -0.3 is 4.74 Å². The third-order valence-electron chi connectivity index (χ3n) is 5.51. The van der Waals surface area contributed by atoms with Crippen LogP contribution in [0.15, 0.2) is 119 Å². The van der Waals surface area contributed by atoms with Crippen molar-refractivity contribution in [2.45, 2.75) is 18.0 Å². The first-order chi connectivity index (χ1) is 17.5. The van der Waals surface area contributed by atoms with E-state index in [-0.39, 0.29) is 4.90 Å². The maximum atomic E-state index is 13.1. The molecule has 36 heavy (non-hydrogen) atoms. The van der Waals surface area contributed by atoms with Crippen LogP contribution in [-0.4, -0.2) is 29.1 Å². The molecule has 0 aliphatic heterocycles. The molecule has 0 aliphatic carbocycles. The van der Waals surface area contributed by atoms with Crippen molar-refractivity contribution in [3.8, 4) is 5.75 Å². The van der Waals surface area contributed by atoms with Crippen LogP contribution in [0.25, 0.3) is 11.0 Å². The zero-order chi connectivity index (χ0) is 25.0. The van der Waals surface area contributed by atoms with E-state index in [1.54, 1.807) is 16.8 Å². The second-order valence-corrected chi connectivity index (χ2v) is 9.74. The summed E-state index contributed by atoms with van der Waals surface area (Å²) in [6, 6.07) is 32.5. The summed E-state index contributed by atoms with van der Waals surface area (Å²) in [6.45, 7) is 1.89. The highest BCUT2D eigenvalue weighted by Gasteiger charge is 2.26. The smallest absolute Gasteiger partial charge is 0.276 e. The lowest BCUT2D eigenvalue weighted by Crippen LogP contribution is -2.30. The molecule has 0 fully saturated rings. The molecule has 1 unspecified atom stereocenters. The standard InChI is InChI=1S/C27H23N5O3S/c1-20-16-18-23(19-17-20)36(33,34)31-29-26(21-10-4-2-5-11-21)27(35-22-12-6-3-7-13-22)32-25-15-9-8-14-24(25)28-30-32/h2-19,27,31H,1H3/b29-26+. The Balaban J connectivity index is 1.64. The second-order valence-electron chi connectivity index (χ2n) is 8.08. The third-order valence-corrected chi connectivity index (χ3v) is 6.74. The van der Waals surface area contributed by atoms with Crippen LogP contribution in [0.1, 0.15) is 17.4 Å². The summed E-state index contributed by atoms with van der Waals surface area (Å²) in [5.41, 5.74) is 3.31. The van der Waals surface area contributed by atoms with Crippen molar-refractivity contribution >= 4 is 26.8 Å². The van der Waals surface area contributed by atoms with Crippen molar-refractivity contribution in [1.82, 2.24) is 19.8 Å². The maximum Gasteiger partial charge on any atom is 0.276 e. The number of hydrogen-bond acceptors (Lipinski definition) is 6. The topological polar surface area (TPSA) is 98.5 Å². The molecule has 0 radical (unpaired) electrons. The first-order valence-electron chi connectivity index (χ1n) is 11.2. The third kappa shape index (κ3) is 4.96. The highest BCUT2D eigenvalue weighted by molar-refractivity contribution is 7.89. The number of nitrogens with zero attached hydrogens (tertiary/aromatic N) is 4. The van der Waals surface area contributed by atoms with E-state index in [0.717, 1.165) is 5.56 Å². The van der Waals surface area contributed by atoms with Gasteiger partial charge in [0.1, 0.15) is 17.0 Å². The van der Waals surface area contributed by atoms with Crippen molar-refractivity contribution in [1.29, 1.82) is 0 Å². The number of para-hydroxylation sites is 2. The van der Waals surface area contributed by atoms with E-state index in [4.69, 9.17) is 4.74 Å². The molecule has 0 amide bonds. The Morgan fingerprint density at radius 3 is 2.22 bits per heavy atom. The largest absolute Gasteiger partial charge is 0.463 e. The predicted molar refractivity (Wildman–Crippen MR) is 138 cm³/mol. The van der Waals surface area contributed by atoms with Gasteiger partial charge in [-0.25, -0.2) is 0 Å². The number of hydrazone groups is 1. The van der Waals surface area contributed by atoms with Gasteiger partial charge in [0.25, 0.3) is 10.0 Å². The van der Waals surface area contributed by atoms with Crippen LogP contribution in [0.4, 0.5) is 0 Å². The molecule has 180 valence electrons. The predicted octanol–water partition coefficient (Wildman–Crippen LogP) is 4.70. The Hall–Kier alpha value is -4.50. The van der Waals surface area contributed by atoms with Crippen molar-refractivity contribution in [2.24, 2.45) is 5.10 Å². The molecular weight excluding hydrogens is 474 g/mol. The summed E-state index contributed by atoms with van der Waals surface area (Å²) in [4.78, 5) is 2.50. The van der Waals surface area contributed by atoms with Crippen LogP contribution in [0.5, 0.6) is 5.75 Å². The van der Waals surface area contributed by atoms with E-state index in [9.17, 15) is 8.42 Å². The molecule has 0 saturated carbocycles. The Kier molecular flexibility index (Phi) is 6.46. The van der Waals surface area contributed by atoms with Gasteiger partial charge in [-0.05, 0) is 43.3 Å². The van der Waals surface area contributed by atoms with Gasteiger partial charge >= 0.3 is 0 Å². The summed E-state index contributed by atoms with van der Waals surface area (Å²) in [6.07, 6.45) is -0.928. The molecule has 4 aromatic carbocycles. The second kappa shape index (κ2) is 10.0. The molecule has 5 rings (SSSR count). The van der Waals surface area contributed by atoms with Gasteiger partial charge in [0.05, 0.1) is 10.4 Å².